The molecule has 0 aliphatic rings. The van der Waals surface area contributed by atoms with E-state index in [1.54, 1.807) is 24.0 Å². The van der Waals surface area contributed by atoms with Gasteiger partial charge in [0.25, 0.3) is 0 Å². The molecule has 2 aromatic rings. The van der Waals surface area contributed by atoms with E-state index in [9.17, 15) is 0 Å². The minimum absolute atomic E-state index is 0.648. The first kappa shape index (κ1) is 11.7. The van der Waals surface area contributed by atoms with Crippen molar-refractivity contribution < 1.29 is 4.74 Å². The predicted octanol–water partition coefficient (Wildman–Crippen LogP) is 0.748. The summed E-state index contributed by atoms with van der Waals surface area (Å²) in [5, 5.41) is 14.6. The molecule has 2 aromatic heterocycles. The topological polar surface area (TPSA) is 77.2 Å². The zero-order valence-corrected chi connectivity index (χ0v) is 9.83. The number of nitrogens with zero attached hydrogens (tertiary/aromatic N) is 5. The lowest BCUT2D eigenvalue weighted by Gasteiger charge is -2.06. The van der Waals surface area contributed by atoms with Crippen molar-refractivity contribution in [1.29, 1.82) is 0 Å². The lowest BCUT2D eigenvalue weighted by atomic mass is 10.2. The zero-order valence-electron chi connectivity index (χ0n) is 9.83. The molecule has 0 saturated carbocycles. The van der Waals surface area contributed by atoms with Gasteiger partial charge in [0, 0.05) is 20.3 Å². The number of rotatable bonds is 7. The molecule has 1 N–H and O–H groups in total. The summed E-state index contributed by atoms with van der Waals surface area (Å²) in [6.07, 6.45) is 6.66. The number of methoxy groups -OCH3 is 1. The lowest BCUT2D eigenvalue weighted by molar-refractivity contribution is 0.192. The van der Waals surface area contributed by atoms with Crippen LogP contribution >= 0.6 is 0 Å². The maximum Gasteiger partial charge on any atom is 0.199 e. The third-order valence-electron chi connectivity index (χ3n) is 2.44. The molecule has 0 bridgehead atoms. The molecule has 0 atom stereocenters. The smallest absolute Gasteiger partial charge is 0.199 e. The third-order valence-corrected chi connectivity index (χ3v) is 2.44. The Morgan fingerprint density at radius 3 is 3.12 bits per heavy atom. The van der Waals surface area contributed by atoms with Crippen molar-refractivity contribution in [2.75, 3.05) is 25.6 Å². The van der Waals surface area contributed by atoms with Crippen LogP contribution in [-0.2, 0) is 4.74 Å². The van der Waals surface area contributed by atoms with Crippen LogP contribution in [-0.4, -0.2) is 45.3 Å². The van der Waals surface area contributed by atoms with Gasteiger partial charge in [-0.2, -0.15) is 4.52 Å². The summed E-state index contributed by atoms with van der Waals surface area (Å²) in [5.74, 6) is 0.819. The van der Waals surface area contributed by atoms with E-state index in [0.29, 0.717) is 5.65 Å². The number of fused-ring (bicyclic) bond motifs is 1. The van der Waals surface area contributed by atoms with Gasteiger partial charge in [-0.15, -0.1) is 5.10 Å². The van der Waals surface area contributed by atoms with Gasteiger partial charge in [0.1, 0.15) is 5.82 Å². The maximum absolute atomic E-state index is 4.99. The quantitative estimate of drug-likeness (QED) is 0.715. The Bertz CT molecular complexity index is 457. The molecule has 0 fully saturated rings. The fraction of sp³-hybridized carbons (Fsp3) is 0.600. The highest BCUT2D eigenvalue weighted by Crippen LogP contribution is 2.06. The van der Waals surface area contributed by atoms with Gasteiger partial charge >= 0.3 is 0 Å². The van der Waals surface area contributed by atoms with Crippen LogP contribution in [0.15, 0.2) is 12.4 Å². The molecule has 0 amide bonds. The molecule has 17 heavy (non-hydrogen) atoms. The molecule has 2 heterocycles. The van der Waals surface area contributed by atoms with Crippen molar-refractivity contribution in [2.45, 2.75) is 19.3 Å². The first-order chi connectivity index (χ1) is 8.42. The molecule has 0 radical (unpaired) electrons. The molecular weight excluding hydrogens is 220 g/mol. The van der Waals surface area contributed by atoms with Gasteiger partial charge in [0.2, 0.25) is 0 Å². The second-order valence-electron chi connectivity index (χ2n) is 3.72. The summed E-state index contributed by atoms with van der Waals surface area (Å²) in [6, 6.07) is 0. The number of anilines is 1. The highest BCUT2D eigenvalue weighted by Gasteiger charge is 2.02. The van der Waals surface area contributed by atoms with Gasteiger partial charge < -0.3 is 10.1 Å². The predicted molar refractivity (Wildman–Crippen MR) is 62.8 cm³/mol. The van der Waals surface area contributed by atoms with Crippen molar-refractivity contribution in [2.24, 2.45) is 0 Å². The van der Waals surface area contributed by atoms with Crippen LogP contribution in [0.1, 0.15) is 19.3 Å². The summed E-state index contributed by atoms with van der Waals surface area (Å²) in [7, 11) is 1.72. The molecule has 0 saturated heterocycles. The van der Waals surface area contributed by atoms with Gasteiger partial charge in [-0.3, -0.25) is 4.98 Å². The van der Waals surface area contributed by atoms with Crippen LogP contribution in [0, 0.1) is 0 Å². The van der Waals surface area contributed by atoms with E-state index >= 15 is 0 Å². The van der Waals surface area contributed by atoms with Crippen LogP contribution in [0.2, 0.25) is 0 Å². The van der Waals surface area contributed by atoms with E-state index in [4.69, 9.17) is 4.74 Å². The number of nitrogens with one attached hydrogen (secondary N) is 1. The Morgan fingerprint density at radius 2 is 2.24 bits per heavy atom. The van der Waals surface area contributed by atoms with E-state index in [0.717, 1.165) is 38.2 Å². The summed E-state index contributed by atoms with van der Waals surface area (Å²) in [6.45, 7) is 1.70. The highest BCUT2D eigenvalue weighted by atomic mass is 16.5. The Morgan fingerprint density at radius 1 is 1.29 bits per heavy atom. The molecule has 7 nitrogen and oxygen atoms in total. The van der Waals surface area contributed by atoms with Crippen molar-refractivity contribution in [3.63, 3.8) is 0 Å². The normalized spacial score (nSPS) is 10.9. The van der Waals surface area contributed by atoms with Gasteiger partial charge in [-0.05, 0) is 29.7 Å². The molecule has 92 valence electrons. The average Bonchev–Trinajstić information content (AvgIpc) is 2.82. The average molecular weight is 236 g/mol. The molecular formula is C10H16N6O. The Balaban J connectivity index is 1.80. The number of unbranched alkanes of at least 4 members (excludes halogenated alkanes) is 2. The number of aromatic nitrogens is 5. The van der Waals surface area contributed by atoms with E-state index in [2.05, 4.69) is 25.8 Å². The SMILES string of the molecule is COCCCCCNc1cncc2nnnn12. The minimum atomic E-state index is 0.648. The second kappa shape index (κ2) is 6.09. The number of hydrogen-bond donors (Lipinski definition) is 1. The van der Waals surface area contributed by atoms with Gasteiger partial charge in [-0.1, -0.05) is 0 Å². The van der Waals surface area contributed by atoms with E-state index in [1.165, 1.54) is 0 Å². The molecule has 0 aromatic carbocycles. The molecule has 0 unspecified atom stereocenters. The fourth-order valence-corrected chi connectivity index (χ4v) is 1.56. The van der Waals surface area contributed by atoms with Crippen LogP contribution in [0.4, 0.5) is 5.82 Å². The van der Waals surface area contributed by atoms with Crippen LogP contribution < -0.4 is 5.32 Å². The maximum atomic E-state index is 4.99. The van der Waals surface area contributed by atoms with Gasteiger partial charge in [0.15, 0.2) is 5.65 Å². The van der Waals surface area contributed by atoms with Crippen LogP contribution in [0.5, 0.6) is 0 Å². The van der Waals surface area contributed by atoms with Crippen LogP contribution in [0.25, 0.3) is 5.65 Å². The monoisotopic (exact) mass is 236 g/mol. The van der Waals surface area contributed by atoms with Gasteiger partial charge in [-0.25, -0.2) is 0 Å². The van der Waals surface area contributed by atoms with Crippen molar-refractivity contribution >= 4 is 11.5 Å². The Hall–Kier alpha value is -1.76. The summed E-state index contributed by atoms with van der Waals surface area (Å²) in [4.78, 5) is 4.07. The summed E-state index contributed by atoms with van der Waals surface area (Å²) < 4.78 is 6.63. The van der Waals surface area contributed by atoms with Crippen molar-refractivity contribution in [1.82, 2.24) is 25.0 Å². The first-order valence-corrected chi connectivity index (χ1v) is 5.67. The standard InChI is InChI=1S/C10H16N6O/c1-17-6-4-2-3-5-12-9-7-11-8-10-13-14-15-16(9)10/h7-8,12H,2-6H2,1H3. The number of tetrazole rings is 1. The summed E-state index contributed by atoms with van der Waals surface area (Å²) in [5.41, 5.74) is 0.648. The molecule has 0 aliphatic carbocycles. The van der Waals surface area contributed by atoms with E-state index in [-0.39, 0.29) is 0 Å². The molecule has 0 aliphatic heterocycles. The third kappa shape index (κ3) is 3.10. The Kier molecular flexibility index (Phi) is 4.20. The summed E-state index contributed by atoms with van der Waals surface area (Å²) >= 11 is 0. The first-order valence-electron chi connectivity index (χ1n) is 5.67. The fourth-order valence-electron chi connectivity index (χ4n) is 1.56. The van der Waals surface area contributed by atoms with Gasteiger partial charge in [0.05, 0.1) is 12.4 Å². The molecule has 7 heteroatoms. The van der Waals surface area contributed by atoms with Crippen molar-refractivity contribution in [3.05, 3.63) is 12.4 Å². The lowest BCUT2D eigenvalue weighted by Crippen LogP contribution is -2.07. The minimum Gasteiger partial charge on any atom is -0.385 e. The molecule has 2 rings (SSSR count). The number of hydrogen-bond acceptors (Lipinski definition) is 6. The molecule has 0 spiro atoms. The van der Waals surface area contributed by atoms with Crippen molar-refractivity contribution in [3.8, 4) is 0 Å². The van der Waals surface area contributed by atoms with E-state index < -0.39 is 0 Å². The highest BCUT2D eigenvalue weighted by molar-refractivity contribution is 5.43. The second-order valence-corrected chi connectivity index (χ2v) is 3.72. The van der Waals surface area contributed by atoms with E-state index in [1.807, 2.05) is 0 Å². The Labute approximate surface area is 99.2 Å². The van der Waals surface area contributed by atoms with Crippen LogP contribution in [0.3, 0.4) is 0 Å². The number of ether oxygens (including phenoxy) is 1. The zero-order chi connectivity index (χ0) is 11.9. The largest absolute Gasteiger partial charge is 0.385 e.